The number of carboxylic acids is 1. The van der Waals surface area contributed by atoms with E-state index >= 15 is 0 Å². The average molecular weight is 674 g/mol. The molecule has 5 rings (SSSR count). The Morgan fingerprint density at radius 1 is 0.956 bits per heavy atom. The molecule has 0 saturated carbocycles. The van der Waals surface area contributed by atoms with Gasteiger partial charge < -0.3 is 24.3 Å². The van der Waals surface area contributed by atoms with Gasteiger partial charge in [-0.2, -0.15) is 0 Å². The smallest absolute Gasteiger partial charge is 0.854 e. The topological polar surface area (TPSA) is 120 Å². The van der Waals surface area contributed by atoms with Crippen LogP contribution in [0.25, 0.3) is 11.1 Å². The van der Waals surface area contributed by atoms with Gasteiger partial charge in [0.05, 0.1) is 23.5 Å². The zero-order chi connectivity index (χ0) is 30.2. The number of hydrogen-bond donors (Lipinski definition) is 0. The maximum Gasteiger partial charge on any atom is 1.00 e. The number of imidazole rings is 1. The van der Waals surface area contributed by atoms with Crippen molar-refractivity contribution in [2.45, 2.75) is 57.2 Å². The van der Waals surface area contributed by atoms with Crippen LogP contribution in [-0.4, -0.2) is 38.5 Å². The van der Waals surface area contributed by atoms with Crippen molar-refractivity contribution < 1.29 is 127 Å². The molecule has 1 atom stereocenters. The van der Waals surface area contributed by atoms with Gasteiger partial charge in [0.25, 0.3) is 5.91 Å². The standard InChI is InChI=1S/C34H35N3O5S.2K/c1-2-3-10-31-35-26(7-6-19-42-27-17-13-23(14-18-27)20-30-32(38)36-34(41)43-30)22-37(31)21-24-11-15-25(16-12-24)28-8-4-5-9-29(28)33(39)40;;/h4-5,8-9,11-18,22,30H,2-3,6-7,10,19-21H2,1H3,(H,39,40)(H,36,38,41);;/q;2*+1/p-2. The van der Waals surface area contributed by atoms with E-state index in [4.69, 9.17) is 9.72 Å². The van der Waals surface area contributed by atoms with Crippen LogP contribution in [0.3, 0.4) is 0 Å². The summed E-state index contributed by atoms with van der Waals surface area (Å²) in [5.41, 5.74) is 4.78. The number of carbonyl (C=O) groups is 2. The van der Waals surface area contributed by atoms with Gasteiger partial charge in [0.15, 0.2) is 0 Å². The predicted octanol–water partition coefficient (Wildman–Crippen LogP) is -1.78. The first-order valence-corrected chi connectivity index (χ1v) is 15.4. The molecule has 0 saturated heterocycles. The van der Waals surface area contributed by atoms with Gasteiger partial charge in [0.2, 0.25) is 0 Å². The molecule has 222 valence electrons. The van der Waals surface area contributed by atoms with Crippen LogP contribution in [0.2, 0.25) is 0 Å². The van der Waals surface area contributed by atoms with Crippen molar-refractivity contribution in [3.63, 3.8) is 0 Å². The first kappa shape index (κ1) is 38.4. The maximum absolute atomic E-state index is 11.7. The minimum Gasteiger partial charge on any atom is -0.854 e. The van der Waals surface area contributed by atoms with E-state index in [0.29, 0.717) is 25.1 Å². The molecule has 0 bridgehead atoms. The molecule has 45 heavy (non-hydrogen) atoms. The molecule has 0 radical (unpaired) electrons. The number of ether oxygens (including phenoxy) is 1. The van der Waals surface area contributed by atoms with Crippen LogP contribution in [0.1, 0.15) is 59.2 Å². The number of unbranched alkanes of at least 4 members (excludes halogenated alkanes) is 1. The monoisotopic (exact) mass is 673 g/mol. The summed E-state index contributed by atoms with van der Waals surface area (Å²) >= 11 is 0.982. The Kier molecular flexibility index (Phi) is 16.2. The normalized spacial score (nSPS) is 13.9. The van der Waals surface area contributed by atoms with Crippen LogP contribution in [-0.2, 0) is 30.6 Å². The largest absolute Gasteiger partial charge is 1.00 e. The van der Waals surface area contributed by atoms with Gasteiger partial charge in [0.1, 0.15) is 11.6 Å². The summed E-state index contributed by atoms with van der Waals surface area (Å²) in [4.78, 5) is 31.7. The zero-order valence-corrected chi connectivity index (χ0v) is 33.1. The van der Waals surface area contributed by atoms with E-state index in [1.807, 2.05) is 54.6 Å². The van der Waals surface area contributed by atoms with E-state index in [-0.39, 0.29) is 114 Å². The second-order valence-corrected chi connectivity index (χ2v) is 11.7. The molecule has 1 unspecified atom stereocenters. The van der Waals surface area contributed by atoms with Gasteiger partial charge >= 0.3 is 103 Å². The average Bonchev–Trinajstić information content (AvgIpc) is 3.55. The summed E-state index contributed by atoms with van der Waals surface area (Å²) in [6.45, 7) is 3.41. The Morgan fingerprint density at radius 3 is 2.33 bits per heavy atom. The number of carbonyl (C=O) groups excluding carboxylic acids is 2. The number of benzene rings is 3. The fourth-order valence-electron chi connectivity index (χ4n) is 5.07. The van der Waals surface area contributed by atoms with E-state index < -0.39 is 16.4 Å². The van der Waals surface area contributed by atoms with Gasteiger partial charge in [-0.3, -0.25) is 4.79 Å². The fraction of sp³-hybridized carbons (Fsp3) is 0.294. The molecular weight excluding hydrogens is 641 g/mol. The number of rotatable bonds is 14. The second kappa shape index (κ2) is 19.0. The van der Waals surface area contributed by atoms with Gasteiger partial charge in [-0.1, -0.05) is 74.0 Å². The van der Waals surface area contributed by atoms with Crippen molar-refractivity contribution >= 4 is 28.9 Å². The van der Waals surface area contributed by atoms with Crippen LogP contribution >= 0.6 is 11.8 Å². The number of amides is 1. The molecule has 3 aromatic carbocycles. The first-order valence-electron chi connectivity index (χ1n) is 14.5. The van der Waals surface area contributed by atoms with E-state index in [0.717, 1.165) is 77.8 Å². The van der Waals surface area contributed by atoms with Crippen LogP contribution in [0, 0.1) is 0 Å². The maximum atomic E-state index is 11.7. The van der Waals surface area contributed by atoms with E-state index in [9.17, 15) is 19.8 Å². The quantitative estimate of drug-likeness (QED) is 0.115. The number of carboxylic acid groups (broad SMARTS) is 1. The summed E-state index contributed by atoms with van der Waals surface area (Å²) in [5, 5.41) is 22.0. The molecule has 8 nitrogen and oxygen atoms in total. The Hall–Kier alpha value is -1.10. The molecule has 0 aliphatic carbocycles. The molecule has 0 N–H and O–H groups in total. The SMILES string of the molecule is CCCCc1nc(CCCOc2ccc(CC3SC([O-])=NC3=O)cc2)cn1Cc1ccc(-c2ccccc2C(=O)[O-])cc1.[K+].[K+]. The number of aromatic nitrogens is 2. The predicted molar refractivity (Wildman–Crippen MR) is 164 cm³/mol. The number of nitrogens with zero attached hydrogens (tertiary/aromatic N) is 3. The van der Waals surface area contributed by atoms with Crippen molar-refractivity contribution in [2.24, 2.45) is 4.99 Å². The molecule has 1 aliphatic rings. The van der Waals surface area contributed by atoms with Gasteiger partial charge in [-0.25, -0.2) is 9.98 Å². The third-order valence-corrected chi connectivity index (χ3v) is 8.28. The summed E-state index contributed by atoms with van der Waals surface area (Å²) in [6, 6.07) is 22.5. The summed E-state index contributed by atoms with van der Waals surface area (Å²) in [7, 11) is 0. The van der Waals surface area contributed by atoms with Gasteiger partial charge in [-0.15, -0.1) is 11.8 Å². The molecule has 1 aromatic heterocycles. The number of aryl methyl sites for hydroxylation is 2. The summed E-state index contributed by atoms with van der Waals surface area (Å²) < 4.78 is 8.15. The fourth-order valence-corrected chi connectivity index (χ4v) is 5.89. The van der Waals surface area contributed by atoms with Crippen LogP contribution in [0.4, 0.5) is 0 Å². The number of hydrogen-bond acceptors (Lipinski definition) is 7. The third-order valence-electron chi connectivity index (χ3n) is 7.34. The Morgan fingerprint density at radius 2 is 1.67 bits per heavy atom. The van der Waals surface area contributed by atoms with E-state index in [1.54, 1.807) is 18.2 Å². The molecule has 2 heterocycles. The molecular formula is C34H33K2N3O5S. The van der Waals surface area contributed by atoms with E-state index in [1.165, 1.54) is 0 Å². The summed E-state index contributed by atoms with van der Waals surface area (Å²) in [5.74, 6) is 0.284. The molecule has 1 aliphatic heterocycles. The van der Waals surface area contributed by atoms with Gasteiger partial charge in [-0.05, 0) is 60.1 Å². The Labute approximate surface area is 353 Å². The van der Waals surface area contributed by atoms with Crippen molar-refractivity contribution in [1.29, 1.82) is 0 Å². The number of thioether (sulfide) groups is 1. The Bertz CT molecular complexity index is 1610. The van der Waals surface area contributed by atoms with Crippen molar-refractivity contribution in [3.8, 4) is 16.9 Å². The third kappa shape index (κ3) is 11.0. The molecule has 0 fully saturated rings. The zero-order valence-electron chi connectivity index (χ0n) is 26.0. The number of aromatic carboxylic acids is 1. The van der Waals surface area contributed by atoms with Crippen molar-refractivity contribution in [1.82, 2.24) is 9.55 Å². The van der Waals surface area contributed by atoms with Crippen LogP contribution in [0.15, 0.2) is 84.0 Å². The minimum absolute atomic E-state index is 0. The Balaban J connectivity index is 0.00000276. The molecule has 0 spiro atoms. The molecule has 4 aromatic rings. The molecule has 11 heteroatoms. The van der Waals surface area contributed by atoms with Crippen molar-refractivity contribution in [2.75, 3.05) is 6.61 Å². The van der Waals surface area contributed by atoms with Crippen LogP contribution in [0.5, 0.6) is 5.75 Å². The first-order chi connectivity index (χ1) is 20.9. The van der Waals surface area contributed by atoms with Crippen LogP contribution < -0.4 is 118 Å². The summed E-state index contributed by atoms with van der Waals surface area (Å²) in [6.07, 6.45) is 7.26. The number of aliphatic imine (C=N–C) groups is 1. The van der Waals surface area contributed by atoms with Gasteiger partial charge in [0, 0.05) is 30.0 Å². The van der Waals surface area contributed by atoms with Crippen molar-refractivity contribution in [3.05, 3.63) is 107 Å². The molecule has 1 amide bonds. The second-order valence-electron chi connectivity index (χ2n) is 10.5. The van der Waals surface area contributed by atoms with E-state index in [2.05, 4.69) is 22.7 Å². The minimum atomic E-state index is -1.18.